The van der Waals surface area contributed by atoms with Crippen molar-refractivity contribution in [3.05, 3.63) is 12.2 Å². The molecule has 0 spiro atoms. The van der Waals surface area contributed by atoms with E-state index in [0.29, 0.717) is 6.42 Å². The van der Waals surface area contributed by atoms with Crippen LogP contribution in [0.3, 0.4) is 0 Å². The Balaban J connectivity index is 3.65. The zero-order chi connectivity index (χ0) is 26.9. The lowest BCUT2D eigenvalue weighted by Crippen LogP contribution is -2.34. The third-order valence-electron chi connectivity index (χ3n) is 6.29. The Kier molecular flexibility index (Phi) is 23.0. The van der Waals surface area contributed by atoms with Crippen molar-refractivity contribution in [2.75, 3.05) is 13.2 Å². The van der Waals surface area contributed by atoms with E-state index in [4.69, 9.17) is 9.47 Å². The molecule has 1 atom stereocenters. The van der Waals surface area contributed by atoms with Gasteiger partial charge >= 0.3 is 11.9 Å². The summed E-state index contributed by atoms with van der Waals surface area (Å²) in [6.07, 6.45) is 25.0. The summed E-state index contributed by atoms with van der Waals surface area (Å²) < 4.78 is 42.0. The van der Waals surface area contributed by atoms with Gasteiger partial charge in [0.15, 0.2) is 5.25 Å². The fraction of sp³-hybridized carbons (Fsp3) is 0.857. The lowest BCUT2D eigenvalue weighted by atomic mass is 10.0. The lowest BCUT2D eigenvalue weighted by molar-refractivity contribution is -0.149. The molecule has 0 saturated heterocycles. The second kappa shape index (κ2) is 24.0. The fourth-order valence-electron chi connectivity index (χ4n) is 4.03. The highest BCUT2D eigenvalue weighted by Gasteiger charge is 2.35. The van der Waals surface area contributed by atoms with Gasteiger partial charge in [-0.3, -0.25) is 14.1 Å². The normalized spacial score (nSPS) is 12.6. The van der Waals surface area contributed by atoms with Crippen LogP contribution >= 0.6 is 0 Å². The number of carbonyl (C=O) groups excluding carboxylic acids is 2. The van der Waals surface area contributed by atoms with Crippen LogP contribution in [0.15, 0.2) is 12.2 Å². The molecule has 0 amide bonds. The molecule has 0 aromatic rings. The van der Waals surface area contributed by atoms with Crippen LogP contribution < -0.4 is 0 Å². The maximum Gasteiger partial charge on any atom is 0.327 e. The average molecular weight is 533 g/mol. The topological polar surface area (TPSA) is 107 Å². The molecule has 0 heterocycles. The van der Waals surface area contributed by atoms with Crippen LogP contribution in [0.1, 0.15) is 136 Å². The summed E-state index contributed by atoms with van der Waals surface area (Å²) >= 11 is 0. The molecule has 0 aliphatic carbocycles. The molecule has 0 saturated carbocycles. The van der Waals surface area contributed by atoms with Gasteiger partial charge in [-0.25, -0.2) is 0 Å². The van der Waals surface area contributed by atoms with Gasteiger partial charge in [0.1, 0.15) is 6.61 Å². The molecule has 0 radical (unpaired) electrons. The summed E-state index contributed by atoms with van der Waals surface area (Å²) in [5.41, 5.74) is 0. The molecule has 0 aliphatic rings. The number of ether oxygens (including phenoxy) is 2. The minimum Gasteiger partial charge on any atom is -0.465 e. The molecule has 0 bridgehead atoms. The molecule has 0 aromatic carbocycles. The molecular weight excluding hydrogens is 480 g/mol. The molecule has 0 fully saturated rings. The van der Waals surface area contributed by atoms with E-state index in [1.54, 1.807) is 19.1 Å². The number of hydrogen-bond donors (Lipinski definition) is 1. The van der Waals surface area contributed by atoms with Crippen molar-refractivity contribution in [3.8, 4) is 0 Å². The highest BCUT2D eigenvalue weighted by Crippen LogP contribution is 2.15. The summed E-state index contributed by atoms with van der Waals surface area (Å²) in [7, 11) is -4.76. The van der Waals surface area contributed by atoms with Crippen molar-refractivity contribution in [3.63, 3.8) is 0 Å². The standard InChI is InChI=1S/C28H52O7S/c1-3-5-7-8-9-10-11-12-13-14-15-16-17-18-19-20-21-22-24-35-28(30)26(36(31,32)33)25-27(29)34-23-6-4-2/h4,6,26H,3,5,7-25H2,1-2H3,(H,31,32,33)/b6-4+. The Hall–Kier alpha value is -1.41. The van der Waals surface area contributed by atoms with Gasteiger partial charge in [0.2, 0.25) is 0 Å². The van der Waals surface area contributed by atoms with E-state index in [9.17, 15) is 22.6 Å². The number of rotatable bonds is 25. The summed E-state index contributed by atoms with van der Waals surface area (Å²) in [5, 5.41) is -1.95. The van der Waals surface area contributed by atoms with Gasteiger partial charge in [-0.1, -0.05) is 128 Å². The Bertz CT molecular complexity index is 673. The van der Waals surface area contributed by atoms with E-state index in [1.807, 2.05) is 0 Å². The van der Waals surface area contributed by atoms with Gasteiger partial charge in [-0.15, -0.1) is 0 Å². The first-order valence-corrected chi connectivity index (χ1v) is 15.7. The highest BCUT2D eigenvalue weighted by molar-refractivity contribution is 7.87. The Morgan fingerprint density at radius 2 is 1.14 bits per heavy atom. The van der Waals surface area contributed by atoms with Crippen LogP contribution in [-0.2, 0) is 29.2 Å². The summed E-state index contributed by atoms with van der Waals surface area (Å²) in [6.45, 7) is 4.04. The smallest absolute Gasteiger partial charge is 0.327 e. The van der Waals surface area contributed by atoms with Gasteiger partial charge in [0.05, 0.1) is 13.0 Å². The quantitative estimate of drug-likeness (QED) is 0.0567. The predicted molar refractivity (Wildman–Crippen MR) is 145 cm³/mol. The van der Waals surface area contributed by atoms with Crippen molar-refractivity contribution >= 4 is 22.1 Å². The molecule has 1 unspecified atom stereocenters. The molecule has 0 aliphatic heterocycles. The first-order valence-electron chi connectivity index (χ1n) is 14.2. The SMILES string of the molecule is C/C=C/COC(=O)CC(C(=O)OCCCCCCCCCCCCCCCCCCCC)S(=O)(=O)O. The van der Waals surface area contributed by atoms with Crippen LogP contribution in [-0.4, -0.2) is 43.4 Å². The molecule has 1 N–H and O–H groups in total. The lowest BCUT2D eigenvalue weighted by Gasteiger charge is -2.13. The number of allylic oxidation sites excluding steroid dienone is 1. The Morgan fingerprint density at radius 3 is 1.53 bits per heavy atom. The third kappa shape index (κ3) is 21.8. The van der Waals surface area contributed by atoms with Crippen LogP contribution in [0.2, 0.25) is 0 Å². The van der Waals surface area contributed by atoms with E-state index in [2.05, 4.69) is 6.92 Å². The van der Waals surface area contributed by atoms with Gasteiger partial charge in [0.25, 0.3) is 10.1 Å². The van der Waals surface area contributed by atoms with Gasteiger partial charge in [0, 0.05) is 0 Å². The zero-order valence-corrected chi connectivity index (χ0v) is 23.7. The molecule has 36 heavy (non-hydrogen) atoms. The zero-order valence-electron chi connectivity index (χ0n) is 22.9. The number of hydrogen-bond acceptors (Lipinski definition) is 6. The van der Waals surface area contributed by atoms with Crippen molar-refractivity contribution in [2.24, 2.45) is 0 Å². The second-order valence-electron chi connectivity index (χ2n) is 9.64. The van der Waals surface area contributed by atoms with E-state index in [0.717, 1.165) is 19.3 Å². The first-order chi connectivity index (χ1) is 17.3. The maximum atomic E-state index is 12.1. The molecule has 212 valence electrons. The van der Waals surface area contributed by atoms with Crippen LogP contribution in [0, 0.1) is 0 Å². The van der Waals surface area contributed by atoms with E-state index in [-0.39, 0.29) is 13.2 Å². The van der Waals surface area contributed by atoms with Gasteiger partial charge < -0.3 is 9.47 Å². The number of carbonyl (C=O) groups is 2. The minimum absolute atomic E-state index is 0.0259. The second-order valence-corrected chi connectivity index (χ2v) is 11.2. The van der Waals surface area contributed by atoms with Crippen molar-refractivity contribution in [1.29, 1.82) is 0 Å². The fourth-order valence-corrected chi connectivity index (χ4v) is 4.69. The highest BCUT2D eigenvalue weighted by atomic mass is 32.2. The molecule has 7 nitrogen and oxygen atoms in total. The van der Waals surface area contributed by atoms with Crippen LogP contribution in [0.4, 0.5) is 0 Å². The van der Waals surface area contributed by atoms with Crippen LogP contribution in [0.5, 0.6) is 0 Å². The molecule has 0 rings (SSSR count). The first kappa shape index (κ1) is 34.6. The summed E-state index contributed by atoms with van der Waals surface area (Å²) in [6, 6.07) is 0. The van der Waals surface area contributed by atoms with Crippen molar-refractivity contribution in [2.45, 2.75) is 141 Å². The Labute approximate surface area is 220 Å². The summed E-state index contributed by atoms with van der Waals surface area (Å²) in [4.78, 5) is 23.7. The monoisotopic (exact) mass is 532 g/mol. The van der Waals surface area contributed by atoms with Crippen molar-refractivity contribution in [1.82, 2.24) is 0 Å². The molecular formula is C28H52O7S. The number of esters is 2. The minimum atomic E-state index is -4.76. The van der Waals surface area contributed by atoms with E-state index >= 15 is 0 Å². The largest absolute Gasteiger partial charge is 0.465 e. The van der Waals surface area contributed by atoms with E-state index < -0.39 is 33.7 Å². The van der Waals surface area contributed by atoms with E-state index in [1.165, 1.54) is 89.9 Å². The average Bonchev–Trinajstić information content (AvgIpc) is 2.83. The molecule has 0 aromatic heterocycles. The van der Waals surface area contributed by atoms with Crippen molar-refractivity contribution < 1.29 is 32.0 Å². The van der Waals surface area contributed by atoms with Gasteiger partial charge in [-0.2, -0.15) is 8.42 Å². The van der Waals surface area contributed by atoms with Crippen LogP contribution in [0.25, 0.3) is 0 Å². The summed E-state index contributed by atoms with van der Waals surface area (Å²) in [5.74, 6) is -2.01. The predicted octanol–water partition coefficient (Wildman–Crippen LogP) is 7.34. The maximum absolute atomic E-state index is 12.1. The number of unbranched alkanes of at least 4 members (excludes halogenated alkanes) is 17. The molecule has 8 heteroatoms. The Morgan fingerprint density at radius 1 is 0.722 bits per heavy atom. The van der Waals surface area contributed by atoms with Gasteiger partial charge in [-0.05, 0) is 13.3 Å². The third-order valence-corrected chi connectivity index (χ3v) is 7.37.